The summed E-state index contributed by atoms with van der Waals surface area (Å²) in [6, 6.07) is 16.7. The summed E-state index contributed by atoms with van der Waals surface area (Å²) in [5, 5.41) is 21.2. The van der Waals surface area contributed by atoms with Crippen LogP contribution >= 0.6 is 0 Å². The molecule has 5 rings (SSSR count). The monoisotopic (exact) mass is 459 g/mol. The molecular formula is C26H18FNO6. The largest absolute Gasteiger partial charge is 0.508 e. The number of phenolic OH excluding ortho intramolecular Hbond substituents is 1. The zero-order valence-electron chi connectivity index (χ0n) is 17.9. The first-order valence-corrected chi connectivity index (χ1v) is 10.3. The molecule has 0 saturated heterocycles. The Balaban J connectivity index is 1.66. The number of anilines is 1. The number of benzene rings is 3. The summed E-state index contributed by atoms with van der Waals surface area (Å²) in [7, 11) is 1.48. The number of methoxy groups -OCH3 is 1. The molecule has 0 bridgehead atoms. The number of phenols is 1. The number of ketones is 1. The number of fused-ring (bicyclic) bond motifs is 1. The summed E-state index contributed by atoms with van der Waals surface area (Å²) in [5.74, 6) is -2.40. The van der Waals surface area contributed by atoms with Gasteiger partial charge in [-0.05, 0) is 54.1 Å². The lowest BCUT2D eigenvalue weighted by Crippen LogP contribution is -2.31. The van der Waals surface area contributed by atoms with Crippen molar-refractivity contribution in [2.75, 3.05) is 12.0 Å². The topological polar surface area (TPSA) is 100 Å². The number of amides is 1. The molecular weight excluding hydrogens is 441 g/mol. The minimum Gasteiger partial charge on any atom is -0.508 e. The Bertz CT molecular complexity index is 1450. The molecule has 2 heterocycles. The van der Waals surface area contributed by atoms with E-state index in [2.05, 4.69) is 0 Å². The van der Waals surface area contributed by atoms with Crippen LogP contribution in [0.1, 0.15) is 22.2 Å². The molecule has 7 nitrogen and oxygen atoms in total. The van der Waals surface area contributed by atoms with E-state index in [1.54, 1.807) is 18.2 Å². The Morgan fingerprint density at radius 1 is 1.03 bits per heavy atom. The van der Waals surface area contributed by atoms with Crippen LogP contribution in [-0.4, -0.2) is 29.0 Å². The van der Waals surface area contributed by atoms with Crippen molar-refractivity contribution in [2.24, 2.45) is 0 Å². The Morgan fingerprint density at radius 2 is 1.74 bits per heavy atom. The van der Waals surface area contributed by atoms with Crippen molar-refractivity contribution in [1.29, 1.82) is 0 Å². The molecule has 34 heavy (non-hydrogen) atoms. The second-order valence-corrected chi connectivity index (χ2v) is 7.73. The predicted molar refractivity (Wildman–Crippen MR) is 121 cm³/mol. The molecule has 8 heteroatoms. The Hall–Kier alpha value is -4.59. The third-order valence-corrected chi connectivity index (χ3v) is 5.72. The molecule has 4 aromatic rings. The van der Waals surface area contributed by atoms with E-state index in [-0.39, 0.29) is 22.8 Å². The molecule has 1 aliphatic heterocycles. The summed E-state index contributed by atoms with van der Waals surface area (Å²) in [6.07, 6.45) is 0. The number of nitrogens with zero attached hydrogens (tertiary/aromatic N) is 1. The highest BCUT2D eigenvalue weighted by Crippen LogP contribution is 2.43. The highest BCUT2D eigenvalue weighted by atomic mass is 19.1. The second kappa shape index (κ2) is 8.08. The number of Topliss-reactive ketones (excluding diaryl/α,β-unsaturated/α-hetero) is 1. The zero-order chi connectivity index (χ0) is 24.0. The molecule has 1 amide bonds. The lowest BCUT2D eigenvalue weighted by atomic mass is 9.94. The van der Waals surface area contributed by atoms with Crippen LogP contribution in [-0.2, 0) is 4.79 Å². The van der Waals surface area contributed by atoms with E-state index in [0.29, 0.717) is 22.3 Å². The number of carbonyl (C=O) groups excluding carboxylic acids is 2. The minimum atomic E-state index is -1.04. The SMILES string of the molecule is COc1cccc2cc(C(=O)C3=C(O)C(=O)N(c4ccc(F)cc4)C3c3ccc(O)cc3)oc12. The number of hydrogen-bond acceptors (Lipinski definition) is 6. The molecule has 0 aliphatic carbocycles. The number of furan rings is 1. The van der Waals surface area contributed by atoms with Crippen LogP contribution in [0.4, 0.5) is 10.1 Å². The van der Waals surface area contributed by atoms with Crippen molar-refractivity contribution in [3.8, 4) is 11.5 Å². The van der Waals surface area contributed by atoms with Gasteiger partial charge in [0.25, 0.3) is 5.91 Å². The van der Waals surface area contributed by atoms with Crippen LogP contribution in [0.15, 0.2) is 88.5 Å². The molecule has 170 valence electrons. The van der Waals surface area contributed by atoms with Gasteiger partial charge in [-0.1, -0.05) is 24.3 Å². The maximum atomic E-state index is 13.6. The lowest BCUT2D eigenvalue weighted by Gasteiger charge is -2.26. The second-order valence-electron chi connectivity index (χ2n) is 7.73. The third-order valence-electron chi connectivity index (χ3n) is 5.72. The van der Waals surface area contributed by atoms with Crippen LogP contribution in [0, 0.1) is 5.82 Å². The van der Waals surface area contributed by atoms with E-state index in [9.17, 15) is 24.2 Å². The molecule has 2 N–H and O–H groups in total. The molecule has 0 radical (unpaired) electrons. The Kier molecular flexibility index (Phi) is 5.05. The van der Waals surface area contributed by atoms with Crippen LogP contribution in [0.5, 0.6) is 11.5 Å². The van der Waals surface area contributed by atoms with Gasteiger partial charge in [-0.2, -0.15) is 0 Å². The normalized spacial score (nSPS) is 15.9. The van der Waals surface area contributed by atoms with Gasteiger partial charge in [0.05, 0.1) is 18.7 Å². The molecule has 1 unspecified atom stereocenters. The lowest BCUT2D eigenvalue weighted by molar-refractivity contribution is -0.117. The van der Waals surface area contributed by atoms with E-state index in [0.717, 1.165) is 0 Å². The first-order chi connectivity index (χ1) is 16.4. The van der Waals surface area contributed by atoms with E-state index < -0.39 is 29.3 Å². The molecule has 0 fully saturated rings. The number of ether oxygens (including phenoxy) is 1. The summed E-state index contributed by atoms with van der Waals surface area (Å²) >= 11 is 0. The average Bonchev–Trinajstić information content (AvgIpc) is 3.39. The van der Waals surface area contributed by atoms with Crippen molar-refractivity contribution in [3.05, 3.63) is 101 Å². The van der Waals surface area contributed by atoms with Crippen molar-refractivity contribution in [3.63, 3.8) is 0 Å². The number of para-hydroxylation sites is 1. The number of halogens is 1. The molecule has 0 spiro atoms. The molecule has 3 aromatic carbocycles. The zero-order valence-corrected chi connectivity index (χ0v) is 17.9. The van der Waals surface area contributed by atoms with Crippen molar-refractivity contribution >= 4 is 28.3 Å². The number of aliphatic hydroxyl groups is 1. The van der Waals surface area contributed by atoms with Gasteiger partial charge < -0.3 is 19.4 Å². The third kappa shape index (κ3) is 3.36. The standard InChI is InChI=1S/C26H18FNO6/c1-33-19-4-2-3-15-13-20(34-25(15)19)23(30)21-22(14-5-11-18(29)12-6-14)28(26(32)24(21)31)17-9-7-16(27)8-10-17/h2-13,22,29,31H,1H3. The Morgan fingerprint density at radius 3 is 2.41 bits per heavy atom. The fraction of sp³-hybridized carbons (Fsp3) is 0.0769. The minimum absolute atomic E-state index is 0.00753. The fourth-order valence-electron chi connectivity index (χ4n) is 4.12. The number of aliphatic hydroxyl groups excluding tert-OH is 1. The van der Waals surface area contributed by atoms with Crippen LogP contribution < -0.4 is 9.64 Å². The van der Waals surface area contributed by atoms with E-state index in [4.69, 9.17) is 9.15 Å². The summed E-state index contributed by atoms with van der Waals surface area (Å²) in [4.78, 5) is 28.0. The molecule has 1 aliphatic rings. The summed E-state index contributed by atoms with van der Waals surface area (Å²) in [6.45, 7) is 0. The first-order valence-electron chi connectivity index (χ1n) is 10.3. The van der Waals surface area contributed by atoms with Gasteiger partial charge >= 0.3 is 0 Å². The van der Waals surface area contributed by atoms with Gasteiger partial charge in [0.1, 0.15) is 11.6 Å². The number of carbonyl (C=O) groups is 2. The van der Waals surface area contributed by atoms with E-state index in [1.165, 1.54) is 66.6 Å². The molecule has 0 saturated carbocycles. The van der Waals surface area contributed by atoms with E-state index >= 15 is 0 Å². The maximum Gasteiger partial charge on any atom is 0.294 e. The van der Waals surface area contributed by atoms with Gasteiger partial charge in [-0.25, -0.2) is 4.39 Å². The smallest absolute Gasteiger partial charge is 0.294 e. The number of aromatic hydroxyl groups is 1. The first kappa shape index (κ1) is 21.3. The van der Waals surface area contributed by atoms with Gasteiger partial charge in [0.2, 0.25) is 5.78 Å². The quantitative estimate of drug-likeness (QED) is 0.404. The summed E-state index contributed by atoms with van der Waals surface area (Å²) in [5.41, 5.74) is 0.897. The van der Waals surface area contributed by atoms with Crippen LogP contribution in [0.25, 0.3) is 11.0 Å². The highest BCUT2D eigenvalue weighted by molar-refractivity contribution is 6.20. The number of rotatable bonds is 5. The van der Waals surface area contributed by atoms with Gasteiger partial charge in [-0.15, -0.1) is 0 Å². The molecule has 1 atom stereocenters. The average molecular weight is 459 g/mol. The van der Waals surface area contributed by atoms with Crippen LogP contribution in [0.2, 0.25) is 0 Å². The fourth-order valence-corrected chi connectivity index (χ4v) is 4.12. The predicted octanol–water partition coefficient (Wildman–Crippen LogP) is 5.07. The number of hydrogen-bond donors (Lipinski definition) is 2. The maximum absolute atomic E-state index is 13.6. The van der Waals surface area contributed by atoms with Gasteiger partial charge in [0.15, 0.2) is 22.9 Å². The van der Waals surface area contributed by atoms with Crippen molar-refractivity contribution < 1.29 is 33.3 Å². The Labute approximate surface area is 192 Å². The molecule has 1 aromatic heterocycles. The highest BCUT2D eigenvalue weighted by Gasteiger charge is 2.45. The van der Waals surface area contributed by atoms with Crippen molar-refractivity contribution in [1.82, 2.24) is 0 Å². The van der Waals surface area contributed by atoms with Crippen LogP contribution in [0.3, 0.4) is 0 Å². The van der Waals surface area contributed by atoms with Gasteiger partial charge in [-0.3, -0.25) is 14.5 Å². The summed E-state index contributed by atoms with van der Waals surface area (Å²) < 4.78 is 24.6. The van der Waals surface area contributed by atoms with E-state index in [1.807, 2.05) is 0 Å². The van der Waals surface area contributed by atoms with Gasteiger partial charge in [0, 0.05) is 11.1 Å². The van der Waals surface area contributed by atoms with Crippen molar-refractivity contribution in [2.45, 2.75) is 6.04 Å².